The van der Waals surface area contributed by atoms with Gasteiger partial charge in [-0.2, -0.15) is 0 Å². The van der Waals surface area contributed by atoms with Crippen LogP contribution in [0.5, 0.6) is 5.75 Å². The number of aromatic nitrogens is 1. The van der Waals surface area contributed by atoms with Crippen LogP contribution in [0, 0.1) is 0 Å². The molecule has 1 aliphatic heterocycles. The summed E-state index contributed by atoms with van der Waals surface area (Å²) in [6.45, 7) is 0.591. The first kappa shape index (κ1) is 23.6. The fourth-order valence-corrected chi connectivity index (χ4v) is 4.67. The standard InChI is InChI=1S/C28H25N3O4S/c1-33-21-12-6-18(7-13-21)17-31-26(25(30-28(31)36)22-5-3-4-16-29-22)24-15-14-23(35-24)19-8-10-20(11-9-19)27(32)34-2/h3-16,25-26H,17H2,1-2H3,(H,30,36). The van der Waals surface area contributed by atoms with Crippen molar-refractivity contribution in [3.8, 4) is 17.1 Å². The Morgan fingerprint density at radius 3 is 2.47 bits per heavy atom. The van der Waals surface area contributed by atoms with E-state index in [1.54, 1.807) is 25.4 Å². The van der Waals surface area contributed by atoms with Crippen molar-refractivity contribution >= 4 is 23.3 Å². The molecule has 2 aromatic carbocycles. The zero-order valence-electron chi connectivity index (χ0n) is 19.9. The van der Waals surface area contributed by atoms with E-state index in [0.29, 0.717) is 23.0 Å². The maximum absolute atomic E-state index is 11.8. The van der Waals surface area contributed by atoms with Crippen LogP contribution in [0.3, 0.4) is 0 Å². The van der Waals surface area contributed by atoms with Gasteiger partial charge in [0.25, 0.3) is 0 Å². The molecule has 4 aromatic rings. The fraction of sp³-hybridized carbons (Fsp3) is 0.179. The summed E-state index contributed by atoms with van der Waals surface area (Å²) < 4.78 is 16.5. The third-order valence-electron chi connectivity index (χ3n) is 6.22. The second-order valence-electron chi connectivity index (χ2n) is 8.37. The second-order valence-corrected chi connectivity index (χ2v) is 8.76. The number of hydrogen-bond acceptors (Lipinski definition) is 6. The molecule has 0 saturated carbocycles. The minimum atomic E-state index is -0.375. The predicted octanol–water partition coefficient (Wildman–Crippen LogP) is 5.31. The zero-order chi connectivity index (χ0) is 25.1. The molecule has 8 heteroatoms. The number of carbonyl (C=O) groups is 1. The van der Waals surface area contributed by atoms with Gasteiger partial charge in [-0.3, -0.25) is 4.98 Å². The number of pyridine rings is 1. The molecule has 2 unspecified atom stereocenters. The first-order valence-corrected chi connectivity index (χ1v) is 11.9. The Morgan fingerprint density at radius 1 is 1.03 bits per heavy atom. The van der Waals surface area contributed by atoms with Crippen LogP contribution in [0.2, 0.25) is 0 Å². The van der Waals surface area contributed by atoms with Gasteiger partial charge in [0.05, 0.1) is 31.5 Å². The highest BCUT2D eigenvalue weighted by Gasteiger charge is 2.41. The molecule has 1 saturated heterocycles. The Hall–Kier alpha value is -4.17. The third-order valence-corrected chi connectivity index (χ3v) is 6.57. The summed E-state index contributed by atoms with van der Waals surface area (Å²) in [5.74, 6) is 1.89. The van der Waals surface area contributed by atoms with E-state index in [4.69, 9.17) is 26.1 Å². The van der Waals surface area contributed by atoms with Crippen molar-refractivity contribution in [2.24, 2.45) is 0 Å². The van der Waals surface area contributed by atoms with Crippen molar-refractivity contribution in [1.82, 2.24) is 15.2 Å². The summed E-state index contributed by atoms with van der Waals surface area (Å²) >= 11 is 5.77. The van der Waals surface area contributed by atoms with Gasteiger partial charge in [-0.1, -0.05) is 30.3 Å². The van der Waals surface area contributed by atoms with Gasteiger partial charge in [0.15, 0.2) is 5.11 Å². The van der Waals surface area contributed by atoms with E-state index in [-0.39, 0.29) is 18.1 Å². The van der Waals surface area contributed by atoms with Gasteiger partial charge in [0.1, 0.15) is 23.3 Å². The molecule has 182 valence electrons. The lowest BCUT2D eigenvalue weighted by atomic mass is 10.0. The average molecular weight is 500 g/mol. The Labute approximate surface area is 214 Å². The van der Waals surface area contributed by atoms with Crippen LogP contribution in [-0.4, -0.2) is 35.2 Å². The Morgan fingerprint density at radius 2 is 1.81 bits per heavy atom. The molecule has 2 atom stereocenters. The van der Waals surface area contributed by atoms with E-state index in [2.05, 4.69) is 15.2 Å². The number of nitrogens with one attached hydrogen (secondary N) is 1. The van der Waals surface area contributed by atoms with Gasteiger partial charge < -0.3 is 24.1 Å². The lowest BCUT2D eigenvalue weighted by Gasteiger charge is -2.26. The molecule has 1 aliphatic rings. The molecule has 0 amide bonds. The average Bonchev–Trinajstić information content (AvgIpc) is 3.54. The summed E-state index contributed by atoms with van der Waals surface area (Å²) in [4.78, 5) is 18.5. The number of hydrogen-bond donors (Lipinski definition) is 1. The van der Waals surface area contributed by atoms with E-state index in [1.807, 2.05) is 66.7 Å². The minimum absolute atomic E-state index is 0.183. The summed E-state index contributed by atoms with van der Waals surface area (Å²) in [6, 6.07) is 24.4. The zero-order valence-corrected chi connectivity index (χ0v) is 20.7. The van der Waals surface area contributed by atoms with Crippen molar-refractivity contribution in [1.29, 1.82) is 0 Å². The first-order valence-electron chi connectivity index (χ1n) is 11.5. The molecule has 1 fully saturated rings. The number of furan rings is 1. The van der Waals surface area contributed by atoms with Gasteiger partial charge in [0.2, 0.25) is 0 Å². The van der Waals surface area contributed by atoms with Crippen LogP contribution in [0.25, 0.3) is 11.3 Å². The summed E-state index contributed by atoms with van der Waals surface area (Å²) in [7, 11) is 3.02. The van der Waals surface area contributed by atoms with Gasteiger partial charge in [-0.25, -0.2) is 4.79 Å². The van der Waals surface area contributed by atoms with Crippen molar-refractivity contribution in [2.45, 2.75) is 18.6 Å². The van der Waals surface area contributed by atoms with Gasteiger partial charge in [-0.05, 0) is 66.3 Å². The highest BCUT2D eigenvalue weighted by Crippen LogP contribution is 2.41. The van der Waals surface area contributed by atoms with Crippen molar-refractivity contribution < 1.29 is 18.7 Å². The predicted molar refractivity (Wildman–Crippen MR) is 139 cm³/mol. The highest BCUT2D eigenvalue weighted by atomic mass is 32.1. The number of ether oxygens (including phenoxy) is 2. The topological polar surface area (TPSA) is 76.8 Å². The van der Waals surface area contributed by atoms with Crippen LogP contribution in [-0.2, 0) is 11.3 Å². The molecule has 2 aromatic heterocycles. The molecular formula is C28H25N3O4S. The van der Waals surface area contributed by atoms with Gasteiger partial charge in [-0.15, -0.1) is 0 Å². The summed E-state index contributed by atoms with van der Waals surface area (Å²) in [6.07, 6.45) is 1.78. The molecular weight excluding hydrogens is 474 g/mol. The third kappa shape index (κ3) is 4.67. The number of esters is 1. The maximum Gasteiger partial charge on any atom is 0.337 e. The number of methoxy groups -OCH3 is 2. The SMILES string of the molecule is COC(=O)c1ccc(-c2ccc(C3C(c4ccccn4)NC(=S)N3Cc3ccc(OC)cc3)o2)cc1. The Balaban J connectivity index is 1.48. The Kier molecular flexibility index (Phi) is 6.69. The van der Waals surface area contributed by atoms with E-state index >= 15 is 0 Å². The quantitative estimate of drug-likeness (QED) is 0.271. The second kappa shape index (κ2) is 10.2. The number of nitrogens with zero attached hydrogens (tertiary/aromatic N) is 2. The van der Waals surface area contributed by atoms with Crippen LogP contribution in [0.1, 0.15) is 39.5 Å². The molecule has 3 heterocycles. The molecule has 0 spiro atoms. The van der Waals surface area contributed by atoms with E-state index in [1.165, 1.54) is 7.11 Å². The lowest BCUT2D eigenvalue weighted by molar-refractivity contribution is 0.0600. The van der Waals surface area contributed by atoms with Crippen molar-refractivity contribution in [3.63, 3.8) is 0 Å². The van der Waals surface area contributed by atoms with E-state index in [9.17, 15) is 4.79 Å². The van der Waals surface area contributed by atoms with Crippen molar-refractivity contribution in [2.75, 3.05) is 14.2 Å². The molecule has 0 aliphatic carbocycles. The number of benzene rings is 2. The number of thiocarbonyl (C=S) groups is 1. The highest BCUT2D eigenvalue weighted by molar-refractivity contribution is 7.80. The fourth-order valence-electron chi connectivity index (χ4n) is 4.37. The first-order chi connectivity index (χ1) is 17.6. The molecule has 5 rings (SSSR count). The lowest BCUT2D eigenvalue weighted by Crippen LogP contribution is -2.29. The minimum Gasteiger partial charge on any atom is -0.497 e. The van der Waals surface area contributed by atoms with E-state index < -0.39 is 0 Å². The van der Waals surface area contributed by atoms with Gasteiger partial charge >= 0.3 is 5.97 Å². The van der Waals surface area contributed by atoms with Crippen LogP contribution in [0.4, 0.5) is 0 Å². The smallest absolute Gasteiger partial charge is 0.337 e. The molecule has 1 N–H and O–H groups in total. The maximum atomic E-state index is 11.8. The molecule has 0 radical (unpaired) electrons. The van der Waals surface area contributed by atoms with Crippen LogP contribution >= 0.6 is 12.2 Å². The largest absolute Gasteiger partial charge is 0.497 e. The molecule has 36 heavy (non-hydrogen) atoms. The monoisotopic (exact) mass is 499 g/mol. The van der Waals surface area contributed by atoms with Crippen LogP contribution < -0.4 is 10.1 Å². The summed E-state index contributed by atoms with van der Waals surface area (Å²) in [5.41, 5.74) is 3.32. The summed E-state index contributed by atoms with van der Waals surface area (Å²) in [5, 5.41) is 4.08. The number of carbonyl (C=O) groups excluding carboxylic acids is 1. The van der Waals surface area contributed by atoms with Gasteiger partial charge in [0, 0.05) is 18.3 Å². The van der Waals surface area contributed by atoms with Crippen molar-refractivity contribution in [3.05, 3.63) is 108 Å². The number of rotatable bonds is 7. The molecule has 0 bridgehead atoms. The molecule has 7 nitrogen and oxygen atoms in total. The normalized spacial score (nSPS) is 17.1. The van der Waals surface area contributed by atoms with E-state index in [0.717, 1.165) is 28.3 Å². The van der Waals surface area contributed by atoms with Crippen LogP contribution in [0.15, 0.2) is 89.5 Å². The Bertz CT molecular complexity index is 1350.